The predicted molar refractivity (Wildman–Crippen MR) is 114 cm³/mol. The second-order valence-corrected chi connectivity index (χ2v) is 9.65. The normalized spacial score (nSPS) is 11.9. The van der Waals surface area contributed by atoms with Crippen LogP contribution < -0.4 is 10.1 Å². The number of nitrogens with one attached hydrogen (secondary N) is 2. The van der Waals surface area contributed by atoms with Gasteiger partial charge in [-0.1, -0.05) is 18.2 Å². The number of carbonyl (C=O) groups is 1. The van der Waals surface area contributed by atoms with Gasteiger partial charge in [-0.3, -0.25) is 13.9 Å². The molecule has 0 radical (unpaired) electrons. The third-order valence-electron chi connectivity index (χ3n) is 4.01. The molecule has 3 aromatic heterocycles. The quantitative estimate of drug-likeness (QED) is 0.351. The fourth-order valence-electron chi connectivity index (χ4n) is 2.66. The summed E-state index contributed by atoms with van der Waals surface area (Å²) in [6, 6.07) is 9.50. The molecule has 4 aromatic rings. The molecule has 0 aliphatic heterocycles. The van der Waals surface area contributed by atoms with E-state index in [0.29, 0.717) is 0 Å². The topological polar surface area (TPSA) is 105 Å². The number of hydrazone groups is 1. The molecule has 0 spiro atoms. The van der Waals surface area contributed by atoms with E-state index in [9.17, 15) is 13.2 Å². The predicted octanol–water partition coefficient (Wildman–Crippen LogP) is 3.33. The Labute approximate surface area is 174 Å². The van der Waals surface area contributed by atoms with Crippen molar-refractivity contribution in [3.05, 3.63) is 70.3 Å². The highest BCUT2D eigenvalue weighted by Crippen LogP contribution is 2.23. The number of hydrogen-bond donors (Lipinski definition) is 2. The lowest BCUT2D eigenvalue weighted by atomic mass is 10.2. The molecule has 3 heterocycles. The van der Waals surface area contributed by atoms with Crippen molar-refractivity contribution in [3.8, 4) is 0 Å². The molecule has 11 heteroatoms. The van der Waals surface area contributed by atoms with Gasteiger partial charge in [0.2, 0.25) is 0 Å². The molecular weight excluding hydrogens is 430 g/mol. The second-order valence-electron chi connectivity index (χ2n) is 5.92. The molecule has 0 atom stereocenters. The number of thiophene rings is 1. The summed E-state index contributed by atoms with van der Waals surface area (Å²) in [5, 5.41) is 7.59. The van der Waals surface area contributed by atoms with Crippen LogP contribution in [0.2, 0.25) is 0 Å². The summed E-state index contributed by atoms with van der Waals surface area (Å²) in [7, 11) is -3.77. The van der Waals surface area contributed by atoms with Crippen LogP contribution in [0.3, 0.4) is 0 Å². The van der Waals surface area contributed by atoms with E-state index < -0.39 is 15.9 Å². The number of sulfonamides is 1. The van der Waals surface area contributed by atoms with E-state index in [-0.39, 0.29) is 15.5 Å². The number of anilines is 1. The van der Waals surface area contributed by atoms with Gasteiger partial charge in [0.25, 0.3) is 15.9 Å². The molecule has 29 heavy (non-hydrogen) atoms. The Morgan fingerprint density at radius 2 is 2.00 bits per heavy atom. The molecular formula is C18H15N5O3S3. The minimum atomic E-state index is -3.77. The van der Waals surface area contributed by atoms with Crippen LogP contribution in [0.15, 0.2) is 62.7 Å². The average molecular weight is 446 g/mol. The molecule has 8 nitrogen and oxygen atoms in total. The Balaban J connectivity index is 1.54. The largest absolute Gasteiger partial charge is 0.289 e. The van der Waals surface area contributed by atoms with Crippen LogP contribution in [-0.2, 0) is 10.0 Å². The van der Waals surface area contributed by atoms with Crippen molar-refractivity contribution < 1.29 is 13.2 Å². The summed E-state index contributed by atoms with van der Waals surface area (Å²) in [5.41, 5.74) is 4.33. The minimum absolute atomic E-state index is 0.162. The van der Waals surface area contributed by atoms with Crippen LogP contribution in [-0.4, -0.2) is 29.9 Å². The number of amides is 1. The van der Waals surface area contributed by atoms with Gasteiger partial charge in [-0.2, -0.15) is 5.10 Å². The lowest BCUT2D eigenvalue weighted by Crippen LogP contribution is -2.21. The van der Waals surface area contributed by atoms with Crippen molar-refractivity contribution in [3.63, 3.8) is 0 Å². The molecule has 0 saturated heterocycles. The van der Waals surface area contributed by atoms with Gasteiger partial charge in [0, 0.05) is 11.6 Å². The average Bonchev–Trinajstić information content (AvgIpc) is 3.41. The number of hydrogen-bond acceptors (Lipinski definition) is 7. The van der Waals surface area contributed by atoms with Crippen LogP contribution in [0.4, 0.5) is 5.69 Å². The van der Waals surface area contributed by atoms with Crippen molar-refractivity contribution in [1.82, 2.24) is 14.8 Å². The highest BCUT2D eigenvalue weighted by atomic mass is 32.2. The zero-order valence-electron chi connectivity index (χ0n) is 15.1. The number of carbonyl (C=O) groups excluding carboxylic acids is 1. The van der Waals surface area contributed by atoms with E-state index in [2.05, 4.69) is 20.2 Å². The van der Waals surface area contributed by atoms with Gasteiger partial charge in [0.1, 0.15) is 4.21 Å². The van der Waals surface area contributed by atoms with Crippen LogP contribution in [0.25, 0.3) is 4.96 Å². The third kappa shape index (κ3) is 3.92. The smallest absolute Gasteiger partial charge is 0.273 e. The van der Waals surface area contributed by atoms with Gasteiger partial charge in [0.15, 0.2) is 4.96 Å². The third-order valence-corrected chi connectivity index (χ3v) is 7.53. The zero-order chi connectivity index (χ0) is 20.4. The summed E-state index contributed by atoms with van der Waals surface area (Å²) in [6.45, 7) is 1.86. The standard InChI is InChI=1S/C18H15N5O3S3/c1-12-15(23-8-10-28-18(23)20-12)11-19-21-17(24)13-5-2-3-6-14(13)22-29(25,26)16-7-4-9-27-16/h2-11,22H,1H3,(H,21,24)/b19-11+. The number of aryl methyl sites for hydroxylation is 1. The Kier molecular flexibility index (Phi) is 5.18. The van der Waals surface area contributed by atoms with Gasteiger partial charge >= 0.3 is 0 Å². The molecule has 148 valence electrons. The highest BCUT2D eigenvalue weighted by Gasteiger charge is 2.19. The maximum atomic E-state index is 12.6. The van der Waals surface area contributed by atoms with Crippen molar-refractivity contribution in [2.45, 2.75) is 11.1 Å². The molecule has 4 rings (SSSR count). The molecule has 0 unspecified atom stereocenters. The van der Waals surface area contributed by atoms with Crippen LogP contribution in [0.1, 0.15) is 21.7 Å². The van der Waals surface area contributed by atoms with E-state index in [4.69, 9.17) is 0 Å². The summed E-state index contributed by atoms with van der Waals surface area (Å²) >= 11 is 2.60. The van der Waals surface area contributed by atoms with Crippen LogP contribution >= 0.6 is 22.7 Å². The maximum Gasteiger partial charge on any atom is 0.273 e. The number of nitrogens with zero attached hydrogens (tertiary/aromatic N) is 3. The Morgan fingerprint density at radius 3 is 2.79 bits per heavy atom. The first-order chi connectivity index (χ1) is 14.0. The maximum absolute atomic E-state index is 12.6. The van der Waals surface area contributed by atoms with Gasteiger partial charge in [-0.25, -0.2) is 18.8 Å². The number of thiazole rings is 1. The van der Waals surface area contributed by atoms with E-state index >= 15 is 0 Å². The Morgan fingerprint density at radius 1 is 1.17 bits per heavy atom. The van der Waals surface area contributed by atoms with Crippen LogP contribution in [0, 0.1) is 6.92 Å². The first kappa shape index (κ1) is 19.3. The summed E-state index contributed by atoms with van der Waals surface area (Å²) < 4.78 is 29.4. The van der Waals surface area contributed by atoms with Gasteiger partial charge in [0.05, 0.1) is 28.9 Å². The first-order valence-corrected chi connectivity index (χ1v) is 11.6. The first-order valence-electron chi connectivity index (χ1n) is 8.36. The summed E-state index contributed by atoms with van der Waals surface area (Å²) in [4.78, 5) is 17.8. The SMILES string of the molecule is Cc1nc2sccn2c1/C=N/NC(=O)c1ccccc1NS(=O)(=O)c1cccs1. The number of rotatable bonds is 6. The number of benzene rings is 1. The fraction of sp³-hybridized carbons (Fsp3) is 0.0556. The van der Waals surface area contributed by atoms with Gasteiger partial charge < -0.3 is 0 Å². The number of aromatic nitrogens is 2. The molecule has 1 amide bonds. The summed E-state index contributed by atoms with van der Waals surface area (Å²) in [5.74, 6) is -0.533. The second kappa shape index (κ2) is 7.78. The van der Waals surface area contributed by atoms with Crippen molar-refractivity contribution in [2.75, 3.05) is 4.72 Å². The Hall–Kier alpha value is -3.02. The molecule has 0 saturated carbocycles. The number of fused-ring (bicyclic) bond motifs is 1. The van der Waals surface area contributed by atoms with Crippen molar-refractivity contribution >= 4 is 55.5 Å². The zero-order valence-corrected chi connectivity index (χ0v) is 17.5. The molecule has 0 fully saturated rings. The van der Waals surface area contributed by atoms with Crippen molar-refractivity contribution in [1.29, 1.82) is 0 Å². The van der Waals surface area contributed by atoms with Crippen molar-refractivity contribution in [2.24, 2.45) is 5.10 Å². The Bertz CT molecular complexity index is 1300. The van der Waals surface area contributed by atoms with E-state index in [1.807, 2.05) is 22.9 Å². The molecule has 0 bridgehead atoms. The van der Waals surface area contributed by atoms with Crippen LogP contribution in [0.5, 0.6) is 0 Å². The molecule has 2 N–H and O–H groups in total. The lowest BCUT2D eigenvalue weighted by molar-refractivity contribution is 0.0956. The number of para-hydroxylation sites is 1. The fourth-order valence-corrected chi connectivity index (χ4v) is 5.50. The van der Waals surface area contributed by atoms with E-state index in [0.717, 1.165) is 27.7 Å². The molecule has 0 aliphatic carbocycles. The minimum Gasteiger partial charge on any atom is -0.289 e. The van der Waals surface area contributed by atoms with Gasteiger partial charge in [-0.05, 0) is 30.5 Å². The molecule has 0 aliphatic rings. The molecule has 1 aromatic carbocycles. The van der Waals surface area contributed by atoms with Gasteiger partial charge in [-0.15, -0.1) is 22.7 Å². The van der Waals surface area contributed by atoms with E-state index in [1.165, 1.54) is 35.8 Å². The van der Waals surface area contributed by atoms with E-state index in [1.54, 1.807) is 23.6 Å². The summed E-state index contributed by atoms with van der Waals surface area (Å²) in [6.07, 6.45) is 3.39. The number of imidazole rings is 1. The highest BCUT2D eigenvalue weighted by molar-refractivity contribution is 7.94. The lowest BCUT2D eigenvalue weighted by Gasteiger charge is -2.10. The monoisotopic (exact) mass is 445 g/mol.